The fourth-order valence-corrected chi connectivity index (χ4v) is 17.7. The molecule has 2 aliphatic heterocycles. The molecule has 2 aliphatic rings. The molecule has 0 amide bonds. The molecule has 0 saturated carbocycles. The summed E-state index contributed by atoms with van der Waals surface area (Å²) in [6.45, 7) is 41.0. The second-order valence-corrected chi connectivity index (χ2v) is 38.1. The van der Waals surface area contributed by atoms with E-state index in [2.05, 4.69) is 357 Å². The lowest BCUT2D eigenvalue weighted by atomic mass is 9.33. The molecule has 0 fully saturated rings. The molecular weight excluding hydrogens is 1380 g/mol. The quantitative estimate of drug-likeness (QED) is 0.142. The van der Waals surface area contributed by atoms with Crippen molar-refractivity contribution in [3.05, 3.63) is 318 Å². The number of hydrogen-bond acceptors (Lipinski definition) is 3. The summed E-state index contributed by atoms with van der Waals surface area (Å²) in [5, 5.41) is 3.75. The van der Waals surface area contributed by atoms with Crippen LogP contribution in [0.3, 0.4) is 0 Å². The van der Waals surface area contributed by atoms with Gasteiger partial charge in [-0.05, 0) is 224 Å². The molecule has 0 spiro atoms. The van der Waals surface area contributed by atoms with E-state index in [0.717, 1.165) is 117 Å². The maximum Gasteiger partial charge on any atom is 0.252 e. The number of fused-ring (bicyclic) bond motifs is 13. The summed E-state index contributed by atoms with van der Waals surface area (Å²) in [6.07, 6.45) is 0. The summed E-state index contributed by atoms with van der Waals surface area (Å²) in [6, 6.07) is 84.8. The van der Waals surface area contributed by atoms with Gasteiger partial charge in [0.05, 0.1) is 44.4 Å². The van der Waals surface area contributed by atoms with E-state index >= 15 is 0 Å². The number of rotatable bonds is 8. The number of aromatic nitrogens is 2. The monoisotopic (exact) mass is 1490 g/mol. The average molecular weight is 1490 g/mol. The molecule has 114 heavy (non-hydrogen) atoms. The van der Waals surface area contributed by atoms with Gasteiger partial charge in [0.2, 0.25) is 0 Å². The summed E-state index contributed by atoms with van der Waals surface area (Å²) >= 11 is 0. The molecule has 5 heterocycles. The number of nitrogens with zero attached hydrogens (tertiary/aromatic N) is 4. The third-order valence-electron chi connectivity index (χ3n) is 24.2. The molecule has 6 heteroatoms. The number of hydrogen-bond donors (Lipinski definition) is 0. The van der Waals surface area contributed by atoms with E-state index in [0.29, 0.717) is 22.2 Å². The van der Waals surface area contributed by atoms with Crippen LogP contribution in [0.4, 0.5) is 34.1 Å². The van der Waals surface area contributed by atoms with Gasteiger partial charge in [-0.1, -0.05) is 313 Å². The Bertz CT molecular complexity index is 7040. The van der Waals surface area contributed by atoms with E-state index < -0.39 is 55.1 Å². The summed E-state index contributed by atoms with van der Waals surface area (Å²) in [4.78, 5) is 5.03. The lowest BCUT2D eigenvalue weighted by Crippen LogP contribution is -2.61. The van der Waals surface area contributed by atoms with E-state index in [9.17, 15) is 8.22 Å². The molecule has 0 unspecified atom stereocenters. The van der Waals surface area contributed by atoms with Crippen LogP contribution in [-0.2, 0) is 32.5 Å². The number of furan rings is 1. The van der Waals surface area contributed by atoms with E-state index in [4.69, 9.17) is 7.16 Å². The van der Waals surface area contributed by atoms with Gasteiger partial charge in [0, 0.05) is 66.4 Å². The molecule has 0 radical (unpaired) electrons. The molecule has 0 N–H and O–H groups in total. The van der Waals surface area contributed by atoms with Crippen LogP contribution in [0.25, 0.3) is 121 Å². The van der Waals surface area contributed by atoms with Crippen molar-refractivity contribution in [2.45, 2.75) is 157 Å². The van der Waals surface area contributed by atoms with Crippen molar-refractivity contribution >= 4 is 123 Å². The van der Waals surface area contributed by atoms with E-state index in [1.807, 2.05) is 18.2 Å². The van der Waals surface area contributed by atoms with Gasteiger partial charge in [0.1, 0.15) is 0 Å². The zero-order chi connectivity index (χ0) is 86.2. The van der Waals surface area contributed by atoms with Crippen LogP contribution in [0.5, 0.6) is 0 Å². The number of benzene rings is 14. The second-order valence-electron chi connectivity index (χ2n) is 38.1. The van der Waals surface area contributed by atoms with Gasteiger partial charge in [-0.2, -0.15) is 0 Å². The summed E-state index contributed by atoms with van der Waals surface area (Å²) < 4.78 is 86.5. The lowest BCUT2D eigenvalue weighted by molar-refractivity contribution is 0.568. The first kappa shape index (κ1) is 63.6. The lowest BCUT2D eigenvalue weighted by Gasteiger charge is -2.45. The van der Waals surface area contributed by atoms with Crippen LogP contribution in [0.15, 0.2) is 289 Å². The van der Waals surface area contributed by atoms with Crippen LogP contribution in [-0.4, -0.2) is 15.8 Å². The predicted molar refractivity (Wildman–Crippen MR) is 490 cm³/mol. The van der Waals surface area contributed by atoms with Crippen molar-refractivity contribution in [1.29, 1.82) is 0 Å². The second kappa shape index (κ2) is 25.8. The SMILES string of the molecule is [2H]c1c([2H])c([2H])c2c(c1[2H])c1c([2H])c([2H])c([2H])c([2H])c1n2-c1cccc2c1oc1c(N3c4cc(-n5c6ccc(C(C)(C)C)cc6c6cc(C(C)(C)C)ccc65)ccc4B4c5ccc(-c6cc(C(C)(C)C)cc(C(C)(C)C)c6)cc5N(c5cc(-c6ccccc6)cc(-c6ccccc6)c5)c5cc(-c6cc(C(C)(C)C)cc(C(C)(C)C)c6)cc3c54)cccc12. The standard InChI is InChI=1S/C108H101BN4O/c1-103(2,3)74-44-49-92-86(63-74)87-64-75(104(4,5)6)45-50-93(87)110(92)80-46-48-89-97(65-80)113(95-42-30-38-85-84-37-29-41-94(101(84)114-102(85)95)112-90-39-27-25-35-82(90)83-36-26-28-40-91(83)112)99-60-73(72-54-78(107(13,14)15)62-79(55-72)108(16,17)18)59-98-100(99)109(89)88-47-43-68(71-52-76(105(7,8)9)61-77(53-71)106(10,11)12)58-96(88)111(98)81-56-69(66-31-21-19-22-32-66)51-70(57-81)67-33-23-20-24-34-67/h19-65H,1-18H3/i25D,26D,27D,28D,35D,36D,39D,40D. The van der Waals surface area contributed by atoms with Crippen LogP contribution >= 0.6 is 0 Å². The Morgan fingerprint density at radius 2 is 0.667 bits per heavy atom. The predicted octanol–water partition coefficient (Wildman–Crippen LogP) is 28.3. The summed E-state index contributed by atoms with van der Waals surface area (Å²) in [7, 11) is 0. The minimum atomic E-state index is -0.511. The van der Waals surface area contributed by atoms with Gasteiger partial charge in [0.25, 0.3) is 6.71 Å². The van der Waals surface area contributed by atoms with Crippen molar-refractivity contribution in [1.82, 2.24) is 9.13 Å². The van der Waals surface area contributed by atoms with Gasteiger partial charge in [-0.3, -0.25) is 0 Å². The van der Waals surface area contributed by atoms with Gasteiger partial charge in [-0.15, -0.1) is 0 Å². The van der Waals surface area contributed by atoms with E-state index in [1.165, 1.54) is 44.2 Å². The van der Waals surface area contributed by atoms with Crippen LogP contribution in [0.1, 0.15) is 169 Å². The highest BCUT2D eigenvalue weighted by Crippen LogP contribution is 2.53. The van der Waals surface area contributed by atoms with Crippen LogP contribution in [0.2, 0.25) is 0 Å². The maximum absolute atomic E-state index is 9.71. The van der Waals surface area contributed by atoms with Gasteiger partial charge in [0.15, 0.2) is 11.2 Å². The molecule has 3 aromatic heterocycles. The van der Waals surface area contributed by atoms with Crippen molar-refractivity contribution in [3.63, 3.8) is 0 Å². The third kappa shape index (κ3) is 12.0. The van der Waals surface area contributed by atoms with Gasteiger partial charge >= 0.3 is 0 Å². The molecule has 0 bridgehead atoms. The highest BCUT2D eigenvalue weighted by atomic mass is 16.3. The van der Waals surface area contributed by atoms with Gasteiger partial charge < -0.3 is 23.4 Å². The molecule has 0 atom stereocenters. The Balaban J connectivity index is 0.984. The van der Waals surface area contributed by atoms with Crippen molar-refractivity contribution < 1.29 is 15.4 Å². The molecule has 0 saturated heterocycles. The normalized spacial score (nSPS) is 14.5. The Labute approximate surface area is 684 Å². The minimum Gasteiger partial charge on any atom is -0.452 e. The molecule has 14 aromatic carbocycles. The Kier molecular flexibility index (Phi) is 14.4. The van der Waals surface area contributed by atoms with Gasteiger partial charge in [-0.25, -0.2) is 0 Å². The largest absolute Gasteiger partial charge is 0.452 e. The Morgan fingerprint density at radius 3 is 1.16 bits per heavy atom. The summed E-state index contributed by atoms with van der Waals surface area (Å²) in [5.41, 5.74) is 28.2. The fourth-order valence-electron chi connectivity index (χ4n) is 17.7. The molecule has 17 aromatic rings. The minimum absolute atomic E-state index is 0.00727. The highest BCUT2D eigenvalue weighted by Gasteiger charge is 2.45. The van der Waals surface area contributed by atoms with Crippen molar-refractivity contribution in [2.24, 2.45) is 0 Å². The first-order valence-corrected chi connectivity index (χ1v) is 40.3. The molecule has 5 nitrogen and oxygen atoms in total. The number of para-hydroxylation sites is 4. The molecule has 562 valence electrons. The Morgan fingerprint density at radius 1 is 0.254 bits per heavy atom. The molecule has 19 rings (SSSR count). The van der Waals surface area contributed by atoms with E-state index in [-0.39, 0.29) is 54.3 Å². The van der Waals surface area contributed by atoms with E-state index in [1.54, 1.807) is 4.57 Å². The molecular formula is C108H101BN4O. The maximum atomic E-state index is 9.71. The zero-order valence-corrected chi connectivity index (χ0v) is 68.8. The average Bonchev–Trinajstić information content (AvgIpc) is 0.856. The first-order chi connectivity index (χ1) is 57.6. The van der Waals surface area contributed by atoms with Crippen LogP contribution < -0.4 is 26.2 Å². The zero-order valence-electron chi connectivity index (χ0n) is 76.8. The van der Waals surface area contributed by atoms with Crippen molar-refractivity contribution in [3.8, 4) is 55.9 Å². The summed E-state index contributed by atoms with van der Waals surface area (Å²) in [5.74, 6) is 0. The van der Waals surface area contributed by atoms with Crippen molar-refractivity contribution in [2.75, 3.05) is 9.80 Å². The van der Waals surface area contributed by atoms with Crippen LogP contribution in [0, 0.1) is 0 Å². The smallest absolute Gasteiger partial charge is 0.252 e. The third-order valence-corrected chi connectivity index (χ3v) is 24.2. The Hall–Kier alpha value is -11.9. The molecule has 0 aliphatic carbocycles. The number of anilines is 6. The fraction of sp³-hybridized carbons (Fsp3) is 0.222. The topological polar surface area (TPSA) is 29.5 Å². The first-order valence-electron chi connectivity index (χ1n) is 44.3. The highest BCUT2D eigenvalue weighted by molar-refractivity contribution is 7.00.